The molecule has 0 aromatic carbocycles. The van der Waals surface area contributed by atoms with Crippen molar-refractivity contribution in [2.24, 2.45) is 0 Å². The summed E-state index contributed by atoms with van der Waals surface area (Å²) in [6.45, 7) is 7.93. The maximum absolute atomic E-state index is 2.44. The standard InChI is InChI=1S/C10H20BNSi/c1-12(2)11-9-7-6-8-10(11)13(3,4)5/h6-10H,1-5H3. The normalized spacial score (nSPS) is 22.9. The monoisotopic (exact) mass is 193 g/mol. The Labute approximate surface area is 83.6 Å². The first-order chi connectivity index (χ1) is 5.93. The van der Waals surface area contributed by atoms with Crippen molar-refractivity contribution >= 4 is 14.9 Å². The van der Waals surface area contributed by atoms with Crippen molar-refractivity contribution in [3.63, 3.8) is 0 Å². The third-order valence-electron chi connectivity index (χ3n) is 2.70. The first kappa shape index (κ1) is 10.8. The van der Waals surface area contributed by atoms with Crippen LogP contribution in [0.15, 0.2) is 24.2 Å². The minimum absolute atomic E-state index is 0.608. The highest BCUT2D eigenvalue weighted by Gasteiger charge is 2.35. The molecule has 1 aliphatic rings. The van der Waals surface area contributed by atoms with Crippen molar-refractivity contribution in [3.05, 3.63) is 24.2 Å². The summed E-state index contributed by atoms with van der Waals surface area (Å²) in [6, 6.07) is 0. The lowest BCUT2D eigenvalue weighted by atomic mass is 9.55. The van der Waals surface area contributed by atoms with Crippen LogP contribution in [0.2, 0.25) is 25.1 Å². The van der Waals surface area contributed by atoms with Crippen LogP contribution in [0.25, 0.3) is 0 Å². The molecule has 1 heterocycles. The maximum atomic E-state index is 2.44. The van der Waals surface area contributed by atoms with Gasteiger partial charge in [-0.15, -0.1) is 0 Å². The van der Waals surface area contributed by atoms with Gasteiger partial charge in [-0.1, -0.05) is 43.8 Å². The first-order valence-corrected chi connectivity index (χ1v) is 8.52. The largest absolute Gasteiger partial charge is 0.344 e. The Bertz CT molecular complexity index is 228. The second kappa shape index (κ2) is 3.84. The lowest BCUT2D eigenvalue weighted by molar-refractivity contribution is 0.643. The molecule has 1 nitrogen and oxygen atoms in total. The van der Waals surface area contributed by atoms with E-state index in [0.29, 0.717) is 6.85 Å². The summed E-state index contributed by atoms with van der Waals surface area (Å²) in [4.78, 5) is 2.32. The van der Waals surface area contributed by atoms with Crippen LogP contribution in [0, 0.1) is 0 Å². The minimum atomic E-state index is -1.06. The molecule has 0 saturated heterocycles. The smallest absolute Gasteiger partial charge is 0.253 e. The Balaban J connectivity index is 2.83. The van der Waals surface area contributed by atoms with E-state index in [1.54, 1.807) is 0 Å². The van der Waals surface area contributed by atoms with E-state index in [1.165, 1.54) is 0 Å². The lowest BCUT2D eigenvalue weighted by Crippen LogP contribution is -2.46. The molecule has 1 rings (SSSR count). The molecule has 1 unspecified atom stereocenters. The fraction of sp³-hybridized carbons (Fsp3) is 0.600. The second-order valence-corrected chi connectivity index (χ2v) is 10.5. The second-order valence-electron chi connectivity index (χ2n) is 5.12. The molecule has 0 bridgehead atoms. The number of nitrogens with zero attached hydrogens (tertiary/aromatic N) is 1. The molecular formula is C10H20BNSi. The molecule has 0 N–H and O–H groups in total. The first-order valence-electron chi connectivity index (χ1n) is 4.94. The molecule has 1 aliphatic heterocycles. The zero-order chi connectivity index (χ0) is 10.1. The minimum Gasteiger partial charge on any atom is -0.344 e. The van der Waals surface area contributed by atoms with Gasteiger partial charge in [0.15, 0.2) is 0 Å². The molecule has 0 radical (unpaired) electrons. The van der Waals surface area contributed by atoms with Gasteiger partial charge in [0, 0.05) is 8.07 Å². The van der Waals surface area contributed by atoms with Crippen LogP contribution >= 0.6 is 0 Å². The van der Waals surface area contributed by atoms with E-state index >= 15 is 0 Å². The van der Waals surface area contributed by atoms with Crippen LogP contribution in [0.1, 0.15) is 0 Å². The molecule has 72 valence electrons. The van der Waals surface area contributed by atoms with Crippen molar-refractivity contribution in [1.29, 1.82) is 0 Å². The average molecular weight is 193 g/mol. The van der Waals surface area contributed by atoms with Crippen molar-refractivity contribution in [2.45, 2.75) is 25.1 Å². The molecule has 1 atom stereocenters. The molecule has 0 fully saturated rings. The average Bonchev–Trinajstić information content (AvgIpc) is 2.03. The van der Waals surface area contributed by atoms with Crippen molar-refractivity contribution < 1.29 is 0 Å². The van der Waals surface area contributed by atoms with E-state index < -0.39 is 8.07 Å². The van der Waals surface area contributed by atoms with Gasteiger partial charge in [0.2, 0.25) is 0 Å². The quantitative estimate of drug-likeness (QED) is 0.609. The molecule has 0 aromatic heterocycles. The van der Waals surface area contributed by atoms with Gasteiger partial charge >= 0.3 is 0 Å². The third kappa shape index (κ3) is 2.58. The summed E-state index contributed by atoms with van der Waals surface area (Å²) < 4.78 is 0. The number of rotatable bonds is 2. The Morgan fingerprint density at radius 3 is 2.15 bits per heavy atom. The van der Waals surface area contributed by atoms with Crippen molar-refractivity contribution in [1.82, 2.24) is 4.81 Å². The summed E-state index contributed by atoms with van der Waals surface area (Å²) >= 11 is 0. The van der Waals surface area contributed by atoms with E-state index in [1.807, 2.05) is 0 Å². The van der Waals surface area contributed by atoms with E-state index in [4.69, 9.17) is 0 Å². The number of hydrogen-bond donors (Lipinski definition) is 0. The highest BCUT2D eigenvalue weighted by atomic mass is 28.3. The molecule has 3 heteroatoms. The van der Waals surface area contributed by atoms with Gasteiger partial charge in [0.25, 0.3) is 6.85 Å². The summed E-state index contributed by atoms with van der Waals surface area (Å²) in [5, 5.41) is 0. The zero-order valence-electron chi connectivity index (χ0n) is 9.41. The summed E-state index contributed by atoms with van der Waals surface area (Å²) in [7, 11) is 3.27. The van der Waals surface area contributed by atoms with Gasteiger partial charge in [0.1, 0.15) is 0 Å². The highest BCUT2D eigenvalue weighted by Crippen LogP contribution is 2.29. The molecule has 0 aromatic rings. The summed E-state index contributed by atoms with van der Waals surface area (Å²) in [5.74, 6) is 2.32. The molecule has 13 heavy (non-hydrogen) atoms. The summed E-state index contributed by atoms with van der Waals surface area (Å²) in [6.07, 6.45) is 6.75. The third-order valence-corrected chi connectivity index (χ3v) is 5.24. The van der Waals surface area contributed by atoms with Crippen molar-refractivity contribution in [2.75, 3.05) is 14.1 Å². The topological polar surface area (TPSA) is 3.24 Å². The van der Waals surface area contributed by atoms with Gasteiger partial charge in [-0.05, 0) is 19.5 Å². The van der Waals surface area contributed by atoms with Gasteiger partial charge in [-0.2, -0.15) is 0 Å². The van der Waals surface area contributed by atoms with Gasteiger partial charge < -0.3 is 4.81 Å². The van der Waals surface area contributed by atoms with Gasteiger partial charge in [0.05, 0.1) is 0 Å². The predicted octanol–water partition coefficient (Wildman–Crippen LogP) is 2.45. The Morgan fingerprint density at radius 1 is 1.15 bits per heavy atom. The van der Waals surface area contributed by atoms with Crippen LogP contribution in [0.5, 0.6) is 0 Å². The van der Waals surface area contributed by atoms with Crippen molar-refractivity contribution in [3.8, 4) is 0 Å². The number of allylic oxidation sites excluding steroid dienone is 3. The molecule has 0 aliphatic carbocycles. The molecule has 0 amide bonds. The van der Waals surface area contributed by atoms with Gasteiger partial charge in [-0.3, -0.25) is 0 Å². The zero-order valence-corrected chi connectivity index (χ0v) is 10.4. The lowest BCUT2D eigenvalue weighted by Gasteiger charge is -2.34. The Kier molecular flexibility index (Phi) is 3.19. The number of hydrogen-bond acceptors (Lipinski definition) is 1. The van der Waals surface area contributed by atoms with Crippen LogP contribution < -0.4 is 0 Å². The predicted molar refractivity (Wildman–Crippen MR) is 64.8 cm³/mol. The maximum Gasteiger partial charge on any atom is 0.253 e. The SMILES string of the molecule is CN(C)B1C=CC=CC1[Si](C)(C)C. The Morgan fingerprint density at radius 2 is 1.77 bits per heavy atom. The van der Waals surface area contributed by atoms with E-state index in [9.17, 15) is 0 Å². The fourth-order valence-electron chi connectivity index (χ4n) is 1.89. The van der Waals surface area contributed by atoms with Crippen LogP contribution in [0.4, 0.5) is 0 Å². The Hall–Kier alpha value is -0.278. The molecular weight excluding hydrogens is 173 g/mol. The van der Waals surface area contributed by atoms with Crippen LogP contribution in [0.3, 0.4) is 0 Å². The fourth-order valence-corrected chi connectivity index (χ4v) is 4.01. The van der Waals surface area contributed by atoms with Gasteiger partial charge in [-0.25, -0.2) is 0 Å². The molecule has 0 spiro atoms. The van der Waals surface area contributed by atoms with E-state index in [2.05, 4.69) is 62.8 Å². The highest BCUT2D eigenvalue weighted by molar-refractivity contribution is 6.91. The summed E-state index contributed by atoms with van der Waals surface area (Å²) in [5.41, 5.74) is 0.757. The van der Waals surface area contributed by atoms with E-state index in [0.717, 1.165) is 5.44 Å². The molecule has 0 saturated carbocycles. The van der Waals surface area contributed by atoms with Crippen LogP contribution in [-0.2, 0) is 0 Å². The van der Waals surface area contributed by atoms with E-state index in [-0.39, 0.29) is 0 Å². The van der Waals surface area contributed by atoms with Crippen LogP contribution in [-0.4, -0.2) is 33.8 Å².